The number of Topliss-reactive ketones (excluding diaryl/α,β-unsaturated/α-hetero) is 1. The van der Waals surface area contributed by atoms with Crippen LogP contribution in [-0.2, 0) is 4.79 Å². The largest absolute Gasteiger partial charge is 0.294 e. The van der Waals surface area contributed by atoms with Gasteiger partial charge in [-0.3, -0.25) is 4.79 Å². The minimum atomic E-state index is 0.213. The van der Waals surface area contributed by atoms with E-state index in [0.717, 1.165) is 12.8 Å². The first-order chi connectivity index (χ1) is 7.46. The first-order valence-electron chi connectivity index (χ1n) is 6.70. The van der Waals surface area contributed by atoms with E-state index >= 15 is 0 Å². The minimum absolute atomic E-state index is 0.213. The molecular weight excluding hydrogens is 196 g/mol. The predicted molar refractivity (Wildman–Crippen MR) is 67.2 cm³/mol. The monoisotopic (exact) mass is 220 g/mol. The molecule has 90 valence electrons. The Morgan fingerprint density at radius 2 is 2.00 bits per heavy atom. The summed E-state index contributed by atoms with van der Waals surface area (Å²) >= 11 is 0. The second-order valence-corrected chi connectivity index (χ2v) is 6.32. The molecule has 0 saturated heterocycles. The summed E-state index contributed by atoms with van der Waals surface area (Å²) in [6.45, 7) is 8.85. The highest BCUT2D eigenvalue weighted by atomic mass is 16.1. The van der Waals surface area contributed by atoms with E-state index in [1.165, 1.54) is 30.4 Å². The van der Waals surface area contributed by atoms with E-state index in [0.29, 0.717) is 11.7 Å². The maximum absolute atomic E-state index is 12.6. The third kappa shape index (κ3) is 1.74. The van der Waals surface area contributed by atoms with Gasteiger partial charge in [-0.05, 0) is 50.4 Å². The topological polar surface area (TPSA) is 17.1 Å². The normalized spacial score (nSPS) is 35.6. The second kappa shape index (κ2) is 4.01. The Balaban J connectivity index is 2.38. The van der Waals surface area contributed by atoms with Gasteiger partial charge in [-0.1, -0.05) is 26.3 Å². The van der Waals surface area contributed by atoms with Crippen molar-refractivity contribution >= 4 is 5.78 Å². The highest BCUT2D eigenvalue weighted by molar-refractivity contribution is 6.00. The van der Waals surface area contributed by atoms with Gasteiger partial charge in [0.1, 0.15) is 0 Å². The molecule has 0 N–H and O–H groups in total. The molecule has 1 heteroatoms. The maximum atomic E-state index is 12.6. The van der Waals surface area contributed by atoms with Gasteiger partial charge in [0.15, 0.2) is 5.78 Å². The number of hydrogen-bond acceptors (Lipinski definition) is 1. The molecule has 0 aliphatic heterocycles. The third-order valence-corrected chi connectivity index (χ3v) is 4.71. The molecule has 16 heavy (non-hydrogen) atoms. The zero-order chi connectivity index (χ0) is 11.9. The lowest BCUT2D eigenvalue weighted by Gasteiger charge is -2.43. The van der Waals surface area contributed by atoms with Crippen LogP contribution in [0.3, 0.4) is 0 Å². The molecule has 1 nitrogen and oxygen atoms in total. The molecule has 2 rings (SSSR count). The van der Waals surface area contributed by atoms with Crippen LogP contribution in [0.4, 0.5) is 0 Å². The van der Waals surface area contributed by atoms with Gasteiger partial charge in [-0.25, -0.2) is 0 Å². The lowest BCUT2D eigenvalue weighted by molar-refractivity contribution is -0.124. The first kappa shape index (κ1) is 11.9. The van der Waals surface area contributed by atoms with Crippen LogP contribution < -0.4 is 0 Å². The molecule has 1 fully saturated rings. The van der Waals surface area contributed by atoms with Gasteiger partial charge >= 0.3 is 0 Å². The summed E-state index contributed by atoms with van der Waals surface area (Å²) in [5, 5.41) is 0. The lowest BCUT2D eigenvalue weighted by atomic mass is 9.60. The zero-order valence-electron chi connectivity index (χ0n) is 11.1. The van der Waals surface area contributed by atoms with E-state index < -0.39 is 0 Å². The predicted octanol–water partition coefficient (Wildman–Crippen LogP) is 4.13. The van der Waals surface area contributed by atoms with E-state index in [1.807, 2.05) is 0 Å². The van der Waals surface area contributed by atoms with Crippen LogP contribution in [0.15, 0.2) is 11.1 Å². The van der Waals surface area contributed by atoms with E-state index in [-0.39, 0.29) is 11.3 Å². The number of fused-ring (bicyclic) bond motifs is 1. The molecule has 0 amide bonds. The van der Waals surface area contributed by atoms with Crippen LogP contribution in [0.1, 0.15) is 59.8 Å². The molecule has 2 aliphatic carbocycles. The number of hydrogen-bond donors (Lipinski definition) is 0. The number of carbonyl (C=O) groups is 1. The van der Waals surface area contributed by atoms with Crippen molar-refractivity contribution in [1.82, 2.24) is 0 Å². The smallest absolute Gasteiger partial charge is 0.162 e. The SMILES string of the molecule is CC1=C2C(=O)C(C(C)C)CCC2(C)CCC1. The summed E-state index contributed by atoms with van der Waals surface area (Å²) in [7, 11) is 0. The highest BCUT2D eigenvalue weighted by Gasteiger charge is 2.44. The van der Waals surface area contributed by atoms with Gasteiger partial charge in [0.2, 0.25) is 0 Å². The Kier molecular flexibility index (Phi) is 2.98. The summed E-state index contributed by atoms with van der Waals surface area (Å²) < 4.78 is 0. The van der Waals surface area contributed by atoms with Crippen molar-refractivity contribution in [2.24, 2.45) is 17.3 Å². The van der Waals surface area contributed by atoms with E-state index in [4.69, 9.17) is 0 Å². The Hall–Kier alpha value is -0.590. The van der Waals surface area contributed by atoms with Crippen molar-refractivity contribution in [3.63, 3.8) is 0 Å². The summed E-state index contributed by atoms with van der Waals surface area (Å²) in [6.07, 6.45) is 5.95. The molecule has 0 bridgehead atoms. The average Bonchev–Trinajstić information content (AvgIpc) is 2.16. The molecule has 0 aromatic heterocycles. The molecule has 2 unspecified atom stereocenters. The summed E-state index contributed by atoms with van der Waals surface area (Å²) in [5.74, 6) is 1.26. The first-order valence-corrected chi connectivity index (χ1v) is 6.70. The van der Waals surface area contributed by atoms with Gasteiger partial charge in [-0.15, -0.1) is 0 Å². The molecule has 0 radical (unpaired) electrons. The third-order valence-electron chi connectivity index (χ3n) is 4.71. The number of ketones is 1. The molecule has 0 aromatic carbocycles. The van der Waals surface area contributed by atoms with E-state index in [9.17, 15) is 4.79 Å². The van der Waals surface area contributed by atoms with Crippen LogP contribution in [-0.4, -0.2) is 5.78 Å². The fourth-order valence-electron chi connectivity index (χ4n) is 3.69. The van der Waals surface area contributed by atoms with Crippen LogP contribution in [0.2, 0.25) is 0 Å². The van der Waals surface area contributed by atoms with Gasteiger partial charge in [0.25, 0.3) is 0 Å². The van der Waals surface area contributed by atoms with Gasteiger partial charge < -0.3 is 0 Å². The van der Waals surface area contributed by atoms with Crippen LogP contribution in [0, 0.1) is 17.3 Å². The van der Waals surface area contributed by atoms with Crippen molar-refractivity contribution in [3.8, 4) is 0 Å². The number of rotatable bonds is 1. The number of allylic oxidation sites excluding steroid dienone is 2. The Morgan fingerprint density at radius 1 is 1.31 bits per heavy atom. The fraction of sp³-hybridized carbons (Fsp3) is 0.800. The van der Waals surface area contributed by atoms with Crippen LogP contribution >= 0.6 is 0 Å². The number of carbonyl (C=O) groups excluding carboxylic acids is 1. The van der Waals surface area contributed by atoms with Crippen molar-refractivity contribution in [1.29, 1.82) is 0 Å². The lowest BCUT2D eigenvalue weighted by Crippen LogP contribution is -2.39. The highest BCUT2D eigenvalue weighted by Crippen LogP contribution is 2.50. The van der Waals surface area contributed by atoms with Crippen molar-refractivity contribution in [3.05, 3.63) is 11.1 Å². The quantitative estimate of drug-likeness (QED) is 0.649. The van der Waals surface area contributed by atoms with Gasteiger partial charge in [0.05, 0.1) is 0 Å². The van der Waals surface area contributed by atoms with E-state index in [2.05, 4.69) is 27.7 Å². The average molecular weight is 220 g/mol. The molecule has 2 aliphatic rings. The maximum Gasteiger partial charge on any atom is 0.162 e. The Labute approximate surface area is 99.3 Å². The summed E-state index contributed by atoms with van der Waals surface area (Å²) in [5.41, 5.74) is 2.80. The summed E-state index contributed by atoms with van der Waals surface area (Å²) in [4.78, 5) is 12.6. The van der Waals surface area contributed by atoms with Gasteiger partial charge in [0, 0.05) is 11.5 Å². The minimum Gasteiger partial charge on any atom is -0.294 e. The standard InChI is InChI=1S/C15H24O/c1-10(2)12-7-9-15(4)8-5-6-11(3)13(15)14(12)16/h10,12H,5-9H2,1-4H3. The Bertz CT molecular complexity index is 337. The van der Waals surface area contributed by atoms with Gasteiger partial charge in [-0.2, -0.15) is 0 Å². The van der Waals surface area contributed by atoms with Crippen molar-refractivity contribution < 1.29 is 4.79 Å². The second-order valence-electron chi connectivity index (χ2n) is 6.32. The molecule has 1 saturated carbocycles. The van der Waals surface area contributed by atoms with Crippen LogP contribution in [0.25, 0.3) is 0 Å². The molecular formula is C15H24O. The molecule has 0 heterocycles. The van der Waals surface area contributed by atoms with Crippen LogP contribution in [0.5, 0.6) is 0 Å². The molecule has 0 aromatic rings. The van der Waals surface area contributed by atoms with Crippen molar-refractivity contribution in [2.45, 2.75) is 59.8 Å². The summed E-state index contributed by atoms with van der Waals surface area (Å²) in [6, 6.07) is 0. The van der Waals surface area contributed by atoms with E-state index in [1.54, 1.807) is 0 Å². The van der Waals surface area contributed by atoms with Crippen molar-refractivity contribution in [2.75, 3.05) is 0 Å². The zero-order valence-corrected chi connectivity index (χ0v) is 11.1. The molecule has 2 atom stereocenters. The fourth-order valence-corrected chi connectivity index (χ4v) is 3.69. The Morgan fingerprint density at radius 3 is 2.62 bits per heavy atom. The molecule has 0 spiro atoms.